The first-order valence-corrected chi connectivity index (χ1v) is 4.91. The molecule has 0 aliphatic carbocycles. The first-order valence-electron chi connectivity index (χ1n) is 4.09. The maximum atomic E-state index is 3.15. The molecule has 0 aliphatic heterocycles. The highest BCUT2D eigenvalue weighted by atomic mass is 32.1. The molecule has 0 amide bonds. The Morgan fingerprint density at radius 2 is 2.00 bits per heavy atom. The van der Waals surface area contributed by atoms with Crippen molar-refractivity contribution < 1.29 is 0 Å². The molecule has 1 N–H and O–H groups in total. The van der Waals surface area contributed by atoms with Crippen molar-refractivity contribution in [2.24, 2.45) is 0 Å². The van der Waals surface area contributed by atoms with E-state index in [-0.39, 0.29) is 0 Å². The van der Waals surface area contributed by atoms with Gasteiger partial charge in [-0.2, -0.15) is 0 Å². The molecule has 0 unspecified atom stereocenters. The number of thiophene rings is 1. The second kappa shape index (κ2) is 4.60. The van der Waals surface area contributed by atoms with Gasteiger partial charge in [-0.25, -0.2) is 0 Å². The van der Waals surface area contributed by atoms with Gasteiger partial charge in [-0.05, 0) is 33.3 Å². The molecule has 0 spiro atoms. The summed E-state index contributed by atoms with van der Waals surface area (Å²) in [6, 6.07) is 4.40. The number of hydrogen-bond donors (Lipinski definition) is 1. The first kappa shape index (κ1) is 9.71. The van der Waals surface area contributed by atoms with Crippen molar-refractivity contribution in [3.05, 3.63) is 21.9 Å². The monoisotopic (exact) mass is 184 g/mol. The quantitative estimate of drug-likeness (QED) is 0.763. The lowest BCUT2D eigenvalue weighted by Gasteiger charge is -2.05. The Labute approximate surface area is 78.2 Å². The summed E-state index contributed by atoms with van der Waals surface area (Å²) in [6.45, 7) is 2.03. The lowest BCUT2D eigenvalue weighted by Crippen LogP contribution is -2.09. The molecule has 0 radical (unpaired) electrons. The van der Waals surface area contributed by atoms with Crippen LogP contribution in [0.1, 0.15) is 9.75 Å². The third kappa shape index (κ3) is 2.93. The lowest BCUT2D eigenvalue weighted by molar-refractivity contribution is 0.406. The molecular formula is C9H16N2S. The van der Waals surface area contributed by atoms with Crippen LogP contribution in [0.2, 0.25) is 0 Å². The smallest absolute Gasteiger partial charge is 0.0321 e. The highest BCUT2D eigenvalue weighted by Gasteiger charge is 1.99. The molecule has 0 saturated carbocycles. The minimum Gasteiger partial charge on any atom is -0.315 e. The van der Waals surface area contributed by atoms with E-state index in [2.05, 4.69) is 36.4 Å². The number of nitrogens with one attached hydrogen (secondary N) is 1. The maximum absolute atomic E-state index is 3.15. The largest absolute Gasteiger partial charge is 0.315 e. The van der Waals surface area contributed by atoms with Gasteiger partial charge in [0.05, 0.1) is 0 Å². The molecule has 0 atom stereocenters. The van der Waals surface area contributed by atoms with Crippen LogP contribution in [0.15, 0.2) is 12.1 Å². The van der Waals surface area contributed by atoms with Crippen LogP contribution < -0.4 is 5.32 Å². The molecule has 0 fully saturated rings. The second-order valence-electron chi connectivity index (χ2n) is 3.14. The zero-order valence-electron chi connectivity index (χ0n) is 7.92. The van der Waals surface area contributed by atoms with Gasteiger partial charge < -0.3 is 10.2 Å². The molecule has 1 rings (SSSR count). The summed E-state index contributed by atoms with van der Waals surface area (Å²) in [6.07, 6.45) is 0. The van der Waals surface area contributed by atoms with E-state index in [0.29, 0.717) is 0 Å². The average molecular weight is 184 g/mol. The van der Waals surface area contributed by atoms with Gasteiger partial charge in [0, 0.05) is 22.8 Å². The Morgan fingerprint density at radius 1 is 1.33 bits per heavy atom. The number of hydrogen-bond acceptors (Lipinski definition) is 3. The third-order valence-corrected chi connectivity index (χ3v) is 2.61. The molecule has 12 heavy (non-hydrogen) atoms. The van der Waals surface area contributed by atoms with Crippen molar-refractivity contribution in [3.63, 3.8) is 0 Å². The zero-order chi connectivity index (χ0) is 8.97. The first-order chi connectivity index (χ1) is 5.72. The summed E-state index contributed by atoms with van der Waals surface area (Å²) in [4.78, 5) is 5.04. The van der Waals surface area contributed by atoms with E-state index < -0.39 is 0 Å². The fourth-order valence-corrected chi connectivity index (χ4v) is 2.24. The summed E-state index contributed by atoms with van der Waals surface area (Å²) in [5.41, 5.74) is 0. The Balaban J connectivity index is 2.52. The van der Waals surface area contributed by atoms with Crippen molar-refractivity contribution in [3.8, 4) is 0 Å². The Morgan fingerprint density at radius 3 is 2.58 bits per heavy atom. The zero-order valence-corrected chi connectivity index (χ0v) is 8.74. The van der Waals surface area contributed by atoms with E-state index in [1.807, 2.05) is 18.4 Å². The predicted molar refractivity (Wildman–Crippen MR) is 54.5 cm³/mol. The SMILES string of the molecule is CNCc1ccc(CN(C)C)s1. The Hall–Kier alpha value is -0.380. The van der Waals surface area contributed by atoms with Crippen LogP contribution in [0.4, 0.5) is 0 Å². The van der Waals surface area contributed by atoms with Gasteiger partial charge in [-0.15, -0.1) is 11.3 Å². The van der Waals surface area contributed by atoms with E-state index in [4.69, 9.17) is 0 Å². The lowest BCUT2D eigenvalue weighted by atomic mass is 10.4. The average Bonchev–Trinajstić information content (AvgIpc) is 2.36. The van der Waals surface area contributed by atoms with Crippen LogP contribution in [-0.4, -0.2) is 26.0 Å². The molecule has 68 valence electrons. The molecule has 1 heterocycles. The van der Waals surface area contributed by atoms with Gasteiger partial charge in [-0.3, -0.25) is 0 Å². The summed E-state index contributed by atoms with van der Waals surface area (Å²) in [7, 11) is 6.17. The predicted octanol–water partition coefficient (Wildman–Crippen LogP) is 1.53. The van der Waals surface area contributed by atoms with Gasteiger partial charge in [0.2, 0.25) is 0 Å². The fraction of sp³-hybridized carbons (Fsp3) is 0.556. The normalized spacial score (nSPS) is 11.0. The Bertz CT molecular complexity index is 230. The number of rotatable bonds is 4. The fourth-order valence-electron chi connectivity index (χ4n) is 1.09. The van der Waals surface area contributed by atoms with Crippen LogP contribution in [0.3, 0.4) is 0 Å². The van der Waals surface area contributed by atoms with Gasteiger partial charge in [0.1, 0.15) is 0 Å². The molecule has 1 aromatic rings. The topological polar surface area (TPSA) is 15.3 Å². The van der Waals surface area contributed by atoms with Crippen LogP contribution in [0.25, 0.3) is 0 Å². The number of nitrogens with zero attached hydrogens (tertiary/aromatic N) is 1. The van der Waals surface area contributed by atoms with Gasteiger partial charge >= 0.3 is 0 Å². The van der Waals surface area contributed by atoms with E-state index in [9.17, 15) is 0 Å². The highest BCUT2D eigenvalue weighted by molar-refractivity contribution is 7.11. The summed E-state index contributed by atoms with van der Waals surface area (Å²) in [5, 5.41) is 3.15. The summed E-state index contributed by atoms with van der Waals surface area (Å²) >= 11 is 1.88. The molecule has 1 aromatic heterocycles. The van der Waals surface area contributed by atoms with Crippen LogP contribution in [-0.2, 0) is 13.1 Å². The minimum atomic E-state index is 0.984. The van der Waals surface area contributed by atoms with Crippen LogP contribution in [0.5, 0.6) is 0 Å². The molecule has 3 heteroatoms. The molecular weight excluding hydrogens is 168 g/mol. The van der Waals surface area contributed by atoms with Gasteiger partial charge in [0.25, 0.3) is 0 Å². The van der Waals surface area contributed by atoms with Crippen LogP contribution in [0, 0.1) is 0 Å². The van der Waals surface area contributed by atoms with Gasteiger partial charge in [-0.1, -0.05) is 0 Å². The second-order valence-corrected chi connectivity index (χ2v) is 4.39. The summed E-state index contributed by atoms with van der Waals surface area (Å²) < 4.78 is 0. The van der Waals surface area contributed by atoms with E-state index >= 15 is 0 Å². The van der Waals surface area contributed by atoms with Crippen molar-refractivity contribution in [1.82, 2.24) is 10.2 Å². The minimum absolute atomic E-state index is 0.984. The molecule has 2 nitrogen and oxygen atoms in total. The molecule has 0 bridgehead atoms. The highest BCUT2D eigenvalue weighted by Crippen LogP contribution is 2.16. The molecule has 0 aliphatic rings. The van der Waals surface area contributed by atoms with Crippen LogP contribution >= 0.6 is 11.3 Å². The van der Waals surface area contributed by atoms with Gasteiger partial charge in [0.15, 0.2) is 0 Å². The maximum Gasteiger partial charge on any atom is 0.0321 e. The van der Waals surface area contributed by atoms with Crippen molar-refractivity contribution in [2.75, 3.05) is 21.1 Å². The Kier molecular flexibility index (Phi) is 3.72. The van der Waals surface area contributed by atoms with Crippen molar-refractivity contribution in [2.45, 2.75) is 13.1 Å². The van der Waals surface area contributed by atoms with Crippen molar-refractivity contribution >= 4 is 11.3 Å². The summed E-state index contributed by atoms with van der Waals surface area (Å²) in [5.74, 6) is 0. The molecule has 0 aromatic carbocycles. The van der Waals surface area contributed by atoms with E-state index in [1.165, 1.54) is 9.75 Å². The molecule has 0 saturated heterocycles. The van der Waals surface area contributed by atoms with Crippen molar-refractivity contribution in [1.29, 1.82) is 0 Å². The standard InChI is InChI=1S/C9H16N2S/c1-10-6-8-4-5-9(12-8)7-11(2)3/h4-5,10H,6-7H2,1-3H3. The van der Waals surface area contributed by atoms with E-state index in [0.717, 1.165) is 13.1 Å². The third-order valence-electron chi connectivity index (χ3n) is 1.54. The van der Waals surface area contributed by atoms with E-state index in [1.54, 1.807) is 0 Å².